The molecule has 0 atom stereocenters. The fourth-order valence-corrected chi connectivity index (χ4v) is 1.55. The van der Waals surface area contributed by atoms with E-state index in [9.17, 15) is 0 Å². The lowest BCUT2D eigenvalue weighted by atomic mass is 10.2. The maximum atomic E-state index is 5.56. The molecule has 1 radical (unpaired) electrons. The maximum absolute atomic E-state index is 5.56. The lowest BCUT2D eigenvalue weighted by molar-refractivity contribution is 1.40. The zero-order valence-corrected chi connectivity index (χ0v) is 7.14. The second-order valence-electron chi connectivity index (χ2n) is 2.40. The lowest BCUT2D eigenvalue weighted by Crippen LogP contribution is -1.83. The van der Waals surface area contributed by atoms with Crippen LogP contribution in [0.4, 0.5) is 5.69 Å². The molecule has 0 unspecified atom stereocenters. The number of nitrogen functional groups attached to an aromatic ring is 1. The third-order valence-electron chi connectivity index (χ3n) is 1.55. The first-order chi connectivity index (χ1) is 5.86. The Kier molecular flexibility index (Phi) is 1.80. The average molecular weight is 175 g/mol. The predicted octanol–water partition coefficient (Wildman–Crippen LogP) is 2.19. The van der Waals surface area contributed by atoms with Gasteiger partial charge in [0, 0.05) is 16.6 Å². The van der Waals surface area contributed by atoms with Crippen LogP contribution in [0.1, 0.15) is 0 Å². The van der Waals surface area contributed by atoms with Crippen LogP contribution >= 0.6 is 11.3 Å². The van der Waals surface area contributed by atoms with E-state index < -0.39 is 0 Å². The average Bonchev–Trinajstić information content (AvgIpc) is 2.58. The third kappa shape index (κ3) is 1.31. The Morgan fingerprint density at radius 2 is 2.00 bits per heavy atom. The molecule has 0 aliphatic heterocycles. The van der Waals surface area contributed by atoms with Gasteiger partial charge in [0.25, 0.3) is 0 Å². The summed E-state index contributed by atoms with van der Waals surface area (Å²) in [6.07, 6.45) is 2.78. The van der Waals surface area contributed by atoms with Crippen LogP contribution in [0.15, 0.2) is 29.6 Å². The molecule has 0 saturated heterocycles. The summed E-state index contributed by atoms with van der Waals surface area (Å²) in [7, 11) is 0. The number of hydrogen-bond acceptors (Lipinski definition) is 3. The van der Waals surface area contributed by atoms with E-state index in [4.69, 9.17) is 5.73 Å². The zero-order chi connectivity index (χ0) is 8.39. The number of benzene rings is 1. The summed E-state index contributed by atoms with van der Waals surface area (Å²) in [5.74, 6) is 0. The van der Waals surface area contributed by atoms with Crippen molar-refractivity contribution in [3.05, 3.63) is 35.8 Å². The van der Waals surface area contributed by atoms with Gasteiger partial charge in [0.05, 0.1) is 0 Å². The topological polar surface area (TPSA) is 38.9 Å². The van der Waals surface area contributed by atoms with Crippen molar-refractivity contribution in [1.29, 1.82) is 0 Å². The molecule has 3 heteroatoms. The van der Waals surface area contributed by atoms with Gasteiger partial charge in [-0.1, -0.05) is 0 Å². The van der Waals surface area contributed by atoms with E-state index in [1.54, 1.807) is 11.3 Å². The highest BCUT2D eigenvalue weighted by atomic mass is 32.1. The summed E-state index contributed by atoms with van der Waals surface area (Å²) in [5.41, 5.74) is 7.43. The molecule has 2 rings (SSSR count). The van der Waals surface area contributed by atoms with Crippen LogP contribution in [0.25, 0.3) is 10.6 Å². The number of aromatic nitrogens is 1. The van der Waals surface area contributed by atoms with E-state index in [0.717, 1.165) is 16.3 Å². The van der Waals surface area contributed by atoms with Gasteiger partial charge < -0.3 is 5.73 Å². The number of nitrogens with zero attached hydrogens (tertiary/aromatic N) is 1. The molecule has 0 bridgehead atoms. The van der Waals surface area contributed by atoms with Gasteiger partial charge in [-0.25, -0.2) is 4.98 Å². The SMILES string of the molecule is Nc1ccc(-c2n[c]cs2)cc1. The molecule has 1 heterocycles. The highest BCUT2D eigenvalue weighted by molar-refractivity contribution is 7.13. The fourth-order valence-electron chi connectivity index (χ4n) is 0.952. The Bertz CT molecular complexity index is 351. The molecule has 59 valence electrons. The third-order valence-corrected chi connectivity index (χ3v) is 2.32. The minimum Gasteiger partial charge on any atom is -0.399 e. The van der Waals surface area contributed by atoms with Gasteiger partial charge in [0.15, 0.2) is 0 Å². The van der Waals surface area contributed by atoms with E-state index in [1.165, 1.54) is 0 Å². The first-order valence-corrected chi connectivity index (χ1v) is 4.42. The van der Waals surface area contributed by atoms with Gasteiger partial charge in [-0.15, -0.1) is 11.3 Å². The highest BCUT2D eigenvalue weighted by Gasteiger charge is 1.98. The molecule has 0 saturated carbocycles. The predicted molar refractivity (Wildman–Crippen MR) is 50.8 cm³/mol. The van der Waals surface area contributed by atoms with Crippen LogP contribution < -0.4 is 5.73 Å². The Hall–Kier alpha value is -1.35. The molecule has 1 aromatic heterocycles. The summed E-state index contributed by atoms with van der Waals surface area (Å²) in [6.45, 7) is 0. The van der Waals surface area contributed by atoms with Crippen molar-refractivity contribution in [3.63, 3.8) is 0 Å². The van der Waals surface area contributed by atoms with Crippen molar-refractivity contribution in [3.8, 4) is 10.6 Å². The number of thiazole rings is 1. The van der Waals surface area contributed by atoms with Crippen molar-refractivity contribution < 1.29 is 0 Å². The molecule has 1 aromatic carbocycles. The number of nitrogens with two attached hydrogens (primary N) is 1. The first kappa shape index (κ1) is 7.31. The number of anilines is 1. The summed E-state index contributed by atoms with van der Waals surface area (Å²) < 4.78 is 0. The second-order valence-corrected chi connectivity index (χ2v) is 3.26. The van der Waals surface area contributed by atoms with Gasteiger partial charge in [-0.05, 0) is 24.3 Å². The van der Waals surface area contributed by atoms with Gasteiger partial charge in [0.2, 0.25) is 0 Å². The van der Waals surface area contributed by atoms with Gasteiger partial charge in [-0.3, -0.25) is 0 Å². The quantitative estimate of drug-likeness (QED) is 0.675. The first-order valence-electron chi connectivity index (χ1n) is 3.54. The Labute approximate surface area is 74.7 Å². The number of hydrogen-bond donors (Lipinski definition) is 1. The molecule has 2 N–H and O–H groups in total. The standard InChI is InChI=1S/C9H7N2S/c10-8-3-1-7(2-4-8)9-11-5-6-12-9/h1-4,6H,10H2. The van der Waals surface area contributed by atoms with E-state index in [2.05, 4.69) is 11.2 Å². The van der Waals surface area contributed by atoms with Crippen LogP contribution in [0.3, 0.4) is 0 Å². The lowest BCUT2D eigenvalue weighted by Gasteiger charge is -1.95. The molecule has 2 aromatic rings. The maximum Gasteiger partial charge on any atom is 0.124 e. The van der Waals surface area contributed by atoms with Crippen molar-refractivity contribution in [1.82, 2.24) is 4.98 Å². The molecule has 0 aliphatic carbocycles. The molecular weight excluding hydrogens is 168 g/mol. The van der Waals surface area contributed by atoms with Crippen LogP contribution in [0, 0.1) is 6.20 Å². The second kappa shape index (κ2) is 2.95. The molecule has 0 amide bonds. The van der Waals surface area contributed by atoms with Crippen LogP contribution in [0.2, 0.25) is 0 Å². The Morgan fingerprint density at radius 1 is 1.25 bits per heavy atom. The summed E-state index contributed by atoms with van der Waals surface area (Å²) in [5, 5.41) is 2.82. The van der Waals surface area contributed by atoms with Gasteiger partial charge in [0.1, 0.15) is 11.2 Å². The van der Waals surface area contributed by atoms with Crippen molar-refractivity contribution >= 4 is 17.0 Å². The molecule has 2 nitrogen and oxygen atoms in total. The Balaban J connectivity index is 2.43. The van der Waals surface area contributed by atoms with Crippen LogP contribution in [-0.2, 0) is 0 Å². The summed E-state index contributed by atoms with van der Waals surface area (Å²) >= 11 is 1.57. The van der Waals surface area contributed by atoms with Crippen molar-refractivity contribution in [2.75, 3.05) is 5.73 Å². The summed E-state index contributed by atoms with van der Waals surface area (Å²) in [6, 6.07) is 7.66. The molecule has 12 heavy (non-hydrogen) atoms. The molecule has 0 fully saturated rings. The van der Waals surface area contributed by atoms with Crippen molar-refractivity contribution in [2.24, 2.45) is 0 Å². The van der Waals surface area contributed by atoms with E-state index in [-0.39, 0.29) is 0 Å². The van der Waals surface area contributed by atoms with Crippen molar-refractivity contribution in [2.45, 2.75) is 0 Å². The fraction of sp³-hybridized carbons (Fsp3) is 0. The monoisotopic (exact) mass is 175 g/mol. The summed E-state index contributed by atoms with van der Waals surface area (Å²) in [4.78, 5) is 4.07. The van der Waals surface area contributed by atoms with Crippen LogP contribution in [-0.4, -0.2) is 4.98 Å². The molecular formula is C9H7N2S. The zero-order valence-electron chi connectivity index (χ0n) is 6.32. The minimum atomic E-state index is 0.777. The minimum absolute atomic E-state index is 0.777. The van der Waals surface area contributed by atoms with Crippen LogP contribution in [0.5, 0.6) is 0 Å². The van der Waals surface area contributed by atoms with E-state index in [0.29, 0.717) is 0 Å². The van der Waals surface area contributed by atoms with E-state index in [1.807, 2.05) is 29.6 Å². The number of rotatable bonds is 1. The Morgan fingerprint density at radius 3 is 2.58 bits per heavy atom. The van der Waals surface area contributed by atoms with Gasteiger partial charge in [-0.2, -0.15) is 0 Å². The molecule has 0 aliphatic rings. The largest absolute Gasteiger partial charge is 0.399 e. The highest BCUT2D eigenvalue weighted by Crippen LogP contribution is 2.21. The van der Waals surface area contributed by atoms with E-state index >= 15 is 0 Å². The normalized spacial score (nSPS) is 10.0. The molecule has 0 spiro atoms. The van der Waals surface area contributed by atoms with Gasteiger partial charge >= 0.3 is 0 Å². The smallest absolute Gasteiger partial charge is 0.124 e.